The first-order valence-electron chi connectivity index (χ1n) is 9.04. The van der Waals surface area contributed by atoms with Gasteiger partial charge in [0.05, 0.1) is 32.3 Å². The van der Waals surface area contributed by atoms with Crippen LogP contribution in [0, 0.1) is 0 Å². The van der Waals surface area contributed by atoms with Crippen LogP contribution in [-0.4, -0.2) is 58.3 Å². The molecule has 0 spiro atoms. The fraction of sp³-hybridized carbons (Fsp3) is 0.381. The van der Waals surface area contributed by atoms with Crippen molar-refractivity contribution in [3.8, 4) is 28.4 Å². The van der Waals surface area contributed by atoms with Crippen LogP contribution < -0.4 is 19.5 Å². The molecule has 2 aromatic carbocycles. The summed E-state index contributed by atoms with van der Waals surface area (Å²) in [6.45, 7) is 0.787. The minimum atomic E-state index is -0.138. The molecule has 0 bridgehead atoms. The third-order valence-electron chi connectivity index (χ3n) is 4.56. The highest BCUT2D eigenvalue weighted by atomic mass is 35.5. The minimum absolute atomic E-state index is 0.0301. The number of benzene rings is 2. The van der Waals surface area contributed by atoms with Gasteiger partial charge in [-0.1, -0.05) is 11.6 Å². The molecule has 150 valence electrons. The normalized spacial score (nSPS) is 15.1. The number of likely N-dealkylation sites (N-methyl/N-ethyl adjacent to an activating group) is 1. The maximum absolute atomic E-state index is 11.9. The summed E-state index contributed by atoms with van der Waals surface area (Å²) in [4.78, 5) is 13.7. The van der Waals surface area contributed by atoms with Crippen LogP contribution in [0.15, 0.2) is 30.3 Å². The van der Waals surface area contributed by atoms with Gasteiger partial charge in [0.15, 0.2) is 0 Å². The van der Waals surface area contributed by atoms with Crippen LogP contribution in [0.25, 0.3) is 11.1 Å². The van der Waals surface area contributed by atoms with E-state index >= 15 is 0 Å². The lowest BCUT2D eigenvalue weighted by Gasteiger charge is -2.14. The quantitative estimate of drug-likeness (QED) is 0.768. The number of hydrogen-bond donors (Lipinski definition) is 1. The molecular formula is C21H25ClN2O4. The van der Waals surface area contributed by atoms with E-state index in [1.807, 2.05) is 43.3 Å². The number of carbonyl (C=O) groups is 1. The molecular weight excluding hydrogens is 380 g/mol. The smallest absolute Gasteiger partial charge is 0.234 e. The van der Waals surface area contributed by atoms with Crippen LogP contribution in [-0.2, 0) is 11.2 Å². The van der Waals surface area contributed by atoms with Gasteiger partial charge in [0.25, 0.3) is 0 Å². The summed E-state index contributed by atoms with van der Waals surface area (Å²) in [6, 6.07) is 9.57. The molecule has 0 radical (unpaired) electrons. The van der Waals surface area contributed by atoms with E-state index in [9.17, 15) is 4.79 Å². The summed E-state index contributed by atoms with van der Waals surface area (Å²) in [6.07, 6.45) is 0.540. The maximum Gasteiger partial charge on any atom is 0.234 e. The summed E-state index contributed by atoms with van der Waals surface area (Å²) < 4.78 is 16.8. The number of methoxy groups -OCH3 is 2. The van der Waals surface area contributed by atoms with Gasteiger partial charge in [-0.3, -0.25) is 4.79 Å². The predicted molar refractivity (Wildman–Crippen MR) is 110 cm³/mol. The van der Waals surface area contributed by atoms with Gasteiger partial charge in [-0.25, -0.2) is 0 Å². The first-order valence-corrected chi connectivity index (χ1v) is 9.42. The number of rotatable bonds is 7. The van der Waals surface area contributed by atoms with Crippen molar-refractivity contribution in [2.45, 2.75) is 12.5 Å². The van der Waals surface area contributed by atoms with E-state index in [1.54, 1.807) is 14.2 Å². The van der Waals surface area contributed by atoms with E-state index in [4.69, 9.17) is 25.8 Å². The van der Waals surface area contributed by atoms with Gasteiger partial charge >= 0.3 is 0 Å². The SMILES string of the molecule is COc1ccc(OC)c(-c2cc(Cl)c3c(c2)C[C@H](CNC(=O)CN(C)C)O3)c1. The molecule has 0 unspecified atom stereocenters. The highest BCUT2D eigenvalue weighted by Gasteiger charge is 2.27. The van der Waals surface area contributed by atoms with E-state index in [0.29, 0.717) is 30.3 Å². The van der Waals surface area contributed by atoms with Crippen molar-refractivity contribution in [3.63, 3.8) is 0 Å². The highest BCUT2D eigenvalue weighted by Crippen LogP contribution is 2.42. The number of ether oxygens (including phenoxy) is 3. The Morgan fingerprint density at radius 2 is 2.04 bits per heavy atom. The molecule has 6 nitrogen and oxygen atoms in total. The number of carbonyl (C=O) groups excluding carboxylic acids is 1. The molecule has 3 rings (SSSR count). The van der Waals surface area contributed by atoms with E-state index in [2.05, 4.69) is 11.4 Å². The molecule has 0 fully saturated rings. The molecule has 2 aromatic rings. The Labute approximate surface area is 170 Å². The molecule has 0 aromatic heterocycles. The third-order valence-corrected chi connectivity index (χ3v) is 4.84. The Kier molecular flexibility index (Phi) is 6.31. The van der Waals surface area contributed by atoms with Crippen LogP contribution in [0.2, 0.25) is 5.02 Å². The van der Waals surface area contributed by atoms with Gasteiger partial charge in [0.1, 0.15) is 23.4 Å². The monoisotopic (exact) mass is 404 g/mol. The molecule has 7 heteroatoms. The van der Waals surface area contributed by atoms with Crippen molar-refractivity contribution in [2.75, 3.05) is 41.4 Å². The molecule has 1 heterocycles. The average molecular weight is 405 g/mol. The first-order chi connectivity index (χ1) is 13.4. The number of amides is 1. The van der Waals surface area contributed by atoms with Gasteiger partial charge < -0.3 is 24.4 Å². The first kappa shape index (κ1) is 20.3. The van der Waals surface area contributed by atoms with Crippen LogP contribution in [0.5, 0.6) is 17.2 Å². The fourth-order valence-electron chi connectivity index (χ4n) is 3.27. The van der Waals surface area contributed by atoms with Crippen LogP contribution in [0.1, 0.15) is 5.56 Å². The summed E-state index contributed by atoms with van der Waals surface area (Å²) in [5.74, 6) is 2.13. The summed E-state index contributed by atoms with van der Waals surface area (Å²) in [5.41, 5.74) is 2.84. The molecule has 0 saturated heterocycles. The van der Waals surface area contributed by atoms with Crippen molar-refractivity contribution in [1.82, 2.24) is 10.2 Å². The zero-order valence-corrected chi connectivity index (χ0v) is 17.3. The molecule has 1 N–H and O–H groups in total. The number of halogens is 1. The average Bonchev–Trinajstić information content (AvgIpc) is 3.09. The Balaban J connectivity index is 1.79. The molecule has 1 aliphatic heterocycles. The number of hydrogen-bond acceptors (Lipinski definition) is 5. The Hall–Kier alpha value is -2.44. The van der Waals surface area contributed by atoms with Gasteiger partial charge in [-0.2, -0.15) is 0 Å². The predicted octanol–water partition coefficient (Wildman–Crippen LogP) is 3.01. The largest absolute Gasteiger partial charge is 0.497 e. The molecule has 1 aliphatic rings. The molecule has 1 amide bonds. The van der Waals surface area contributed by atoms with E-state index in [1.165, 1.54) is 0 Å². The van der Waals surface area contributed by atoms with Crippen molar-refractivity contribution >= 4 is 17.5 Å². The molecule has 1 atom stereocenters. The van der Waals surface area contributed by atoms with Gasteiger partial charge in [-0.05, 0) is 50.0 Å². The Bertz CT molecular complexity index is 870. The van der Waals surface area contributed by atoms with E-state index < -0.39 is 0 Å². The van der Waals surface area contributed by atoms with Crippen molar-refractivity contribution in [2.24, 2.45) is 0 Å². The highest BCUT2D eigenvalue weighted by molar-refractivity contribution is 6.32. The Morgan fingerprint density at radius 3 is 2.71 bits per heavy atom. The van der Waals surface area contributed by atoms with Crippen LogP contribution in [0.4, 0.5) is 0 Å². The molecule has 28 heavy (non-hydrogen) atoms. The zero-order chi connectivity index (χ0) is 20.3. The van der Waals surface area contributed by atoms with Gasteiger partial charge in [0.2, 0.25) is 5.91 Å². The second-order valence-corrected chi connectivity index (χ2v) is 7.41. The van der Waals surface area contributed by atoms with Crippen molar-refractivity contribution in [1.29, 1.82) is 0 Å². The lowest BCUT2D eigenvalue weighted by Crippen LogP contribution is -2.39. The van der Waals surface area contributed by atoms with Crippen molar-refractivity contribution < 1.29 is 19.0 Å². The lowest BCUT2D eigenvalue weighted by atomic mass is 9.99. The third kappa shape index (κ3) is 4.51. The standard InChI is InChI=1S/C21H25ClN2O4/c1-24(2)12-20(25)23-11-16-8-14-7-13(9-18(22)21(14)28-16)17-10-15(26-3)5-6-19(17)27-4/h5-7,9-10,16H,8,11-12H2,1-4H3,(H,23,25)/t16-/m1/s1. The lowest BCUT2D eigenvalue weighted by molar-refractivity contribution is -0.122. The fourth-order valence-corrected chi connectivity index (χ4v) is 3.55. The number of nitrogens with one attached hydrogen (secondary N) is 1. The van der Waals surface area contributed by atoms with Crippen LogP contribution >= 0.6 is 11.6 Å². The molecule has 0 saturated carbocycles. The minimum Gasteiger partial charge on any atom is -0.497 e. The Morgan fingerprint density at radius 1 is 1.25 bits per heavy atom. The number of fused-ring (bicyclic) bond motifs is 1. The second-order valence-electron chi connectivity index (χ2n) is 7.00. The number of nitrogens with zero attached hydrogens (tertiary/aromatic N) is 1. The van der Waals surface area contributed by atoms with Gasteiger partial charge in [-0.15, -0.1) is 0 Å². The van der Waals surface area contributed by atoms with Gasteiger partial charge in [0, 0.05) is 17.5 Å². The van der Waals surface area contributed by atoms with E-state index in [-0.39, 0.29) is 12.0 Å². The summed E-state index contributed by atoms with van der Waals surface area (Å²) in [7, 11) is 6.98. The zero-order valence-electron chi connectivity index (χ0n) is 16.5. The van der Waals surface area contributed by atoms with Crippen molar-refractivity contribution in [3.05, 3.63) is 40.9 Å². The molecule has 0 aliphatic carbocycles. The topological polar surface area (TPSA) is 60.0 Å². The van der Waals surface area contributed by atoms with Crippen LogP contribution in [0.3, 0.4) is 0 Å². The summed E-state index contributed by atoms with van der Waals surface area (Å²) in [5, 5.41) is 3.45. The van der Waals surface area contributed by atoms with E-state index in [0.717, 1.165) is 28.2 Å². The maximum atomic E-state index is 11.9. The summed E-state index contributed by atoms with van der Waals surface area (Å²) >= 11 is 6.50. The second kappa shape index (κ2) is 8.71.